The van der Waals surface area contributed by atoms with Crippen molar-refractivity contribution in [3.05, 3.63) is 138 Å². The largest absolute Gasteiger partial charge is 0.347 e. The molecule has 0 fully saturated rings. The second-order valence-electron chi connectivity index (χ2n) is 13.7. The molecule has 3 heterocycles. The van der Waals surface area contributed by atoms with Crippen LogP contribution in [-0.4, -0.2) is 21.5 Å². The van der Waals surface area contributed by atoms with Gasteiger partial charge in [0.15, 0.2) is 0 Å². The van der Waals surface area contributed by atoms with Gasteiger partial charge >= 0.3 is 0 Å². The minimum Gasteiger partial charge on any atom is -0.347 e. The Kier molecular flexibility index (Phi) is 10.9. The zero-order valence-corrected chi connectivity index (χ0v) is 32.2. The van der Waals surface area contributed by atoms with E-state index in [1.54, 1.807) is 28.2 Å². The molecule has 7 aromatic rings. The summed E-state index contributed by atoms with van der Waals surface area (Å²) < 4.78 is 35.8. The van der Waals surface area contributed by atoms with Crippen molar-refractivity contribution in [2.24, 2.45) is 0 Å². The van der Waals surface area contributed by atoms with Gasteiger partial charge in [-0.05, 0) is 59.9 Å². The second-order valence-corrected chi connectivity index (χ2v) is 16.1. The lowest BCUT2D eigenvalue weighted by molar-refractivity contribution is 0.587. The van der Waals surface area contributed by atoms with Crippen molar-refractivity contribution in [1.29, 1.82) is 0 Å². The van der Waals surface area contributed by atoms with Gasteiger partial charge in [0.2, 0.25) is 0 Å². The van der Waals surface area contributed by atoms with Crippen LogP contribution in [0.25, 0.3) is 32.7 Å². The smallest absolute Gasteiger partial charge is 0.268 e. The SMILES string of the molecule is CCCCCCn1cc(C(c2cn(CCCCCC)c3ccccc23)c2c(CBr)n(S(=O)(=O)c3ccccc3)c3ccccc23)c2ccccc21. The first kappa shape index (κ1) is 35.3. The molecule has 0 aliphatic rings. The van der Waals surface area contributed by atoms with E-state index in [0.717, 1.165) is 42.6 Å². The maximum absolute atomic E-state index is 14.6. The van der Waals surface area contributed by atoms with Crippen molar-refractivity contribution >= 4 is 58.7 Å². The third-order valence-electron chi connectivity index (χ3n) is 10.4. The quantitative estimate of drug-likeness (QED) is 0.0727. The van der Waals surface area contributed by atoms with E-state index >= 15 is 0 Å². The molecule has 0 N–H and O–H groups in total. The van der Waals surface area contributed by atoms with E-state index in [0.29, 0.717) is 10.8 Å². The highest BCUT2D eigenvalue weighted by atomic mass is 79.9. The van der Waals surface area contributed by atoms with Crippen LogP contribution in [0.2, 0.25) is 0 Å². The highest BCUT2D eigenvalue weighted by molar-refractivity contribution is 9.08. The van der Waals surface area contributed by atoms with Gasteiger partial charge < -0.3 is 9.13 Å². The molecule has 0 spiro atoms. The van der Waals surface area contributed by atoms with Gasteiger partial charge in [0.05, 0.1) is 16.1 Å². The molecule has 0 bridgehead atoms. The molecule has 264 valence electrons. The summed E-state index contributed by atoms with van der Waals surface area (Å²) in [6.07, 6.45) is 14.2. The van der Waals surface area contributed by atoms with Crippen molar-refractivity contribution in [3.63, 3.8) is 0 Å². The summed E-state index contributed by atoms with van der Waals surface area (Å²) in [6, 6.07) is 34.4. The van der Waals surface area contributed by atoms with Gasteiger partial charge in [-0.2, -0.15) is 0 Å². The molecule has 0 aliphatic carbocycles. The van der Waals surface area contributed by atoms with Crippen molar-refractivity contribution in [3.8, 4) is 0 Å². The Morgan fingerprint density at radius 1 is 0.569 bits per heavy atom. The maximum Gasteiger partial charge on any atom is 0.268 e. The Bertz CT molecular complexity index is 2280. The Hall–Kier alpha value is -4.07. The third kappa shape index (κ3) is 6.71. The number of hydrogen-bond acceptors (Lipinski definition) is 2. The normalized spacial score (nSPS) is 12.2. The van der Waals surface area contributed by atoms with E-state index < -0.39 is 10.0 Å². The minimum atomic E-state index is -3.92. The summed E-state index contributed by atoms with van der Waals surface area (Å²) in [4.78, 5) is 0.281. The molecule has 5 nitrogen and oxygen atoms in total. The number of nitrogens with zero attached hydrogens (tertiary/aromatic N) is 3. The summed E-state index contributed by atoms with van der Waals surface area (Å²) in [5, 5.41) is 3.75. The van der Waals surface area contributed by atoms with E-state index in [9.17, 15) is 8.42 Å². The van der Waals surface area contributed by atoms with Crippen LogP contribution < -0.4 is 0 Å². The Balaban J connectivity index is 1.53. The zero-order valence-electron chi connectivity index (χ0n) is 29.8. The summed E-state index contributed by atoms with van der Waals surface area (Å²) in [7, 11) is -3.92. The topological polar surface area (TPSA) is 48.9 Å². The number of alkyl halides is 1. The number of hydrogen-bond donors (Lipinski definition) is 0. The Morgan fingerprint density at radius 3 is 1.55 bits per heavy atom. The molecule has 0 unspecified atom stereocenters. The molecule has 0 aliphatic heterocycles. The van der Waals surface area contributed by atoms with Crippen molar-refractivity contribution in [1.82, 2.24) is 13.1 Å². The molecule has 3 aromatic heterocycles. The Morgan fingerprint density at radius 2 is 1.04 bits per heavy atom. The molecule has 51 heavy (non-hydrogen) atoms. The highest BCUT2D eigenvalue weighted by Gasteiger charge is 2.34. The first-order valence-corrected chi connectivity index (χ1v) is 21.2. The van der Waals surface area contributed by atoms with E-state index in [1.807, 2.05) is 24.3 Å². The van der Waals surface area contributed by atoms with Crippen molar-refractivity contribution < 1.29 is 8.42 Å². The molecule has 4 aromatic carbocycles. The summed E-state index contributed by atoms with van der Waals surface area (Å²) in [5.41, 5.74) is 7.34. The summed E-state index contributed by atoms with van der Waals surface area (Å²) in [6.45, 7) is 6.40. The summed E-state index contributed by atoms with van der Waals surface area (Å²) in [5.74, 6) is -0.224. The number of benzene rings is 4. The van der Waals surface area contributed by atoms with E-state index in [1.165, 1.54) is 71.5 Å². The molecule has 0 saturated carbocycles. The number of halogens is 1. The minimum absolute atomic E-state index is 0.224. The van der Waals surface area contributed by atoms with Crippen LogP contribution in [0, 0.1) is 0 Å². The molecule has 0 atom stereocenters. The first-order chi connectivity index (χ1) is 25.0. The average Bonchev–Trinajstić information content (AvgIpc) is 3.83. The fraction of sp³-hybridized carbons (Fsp3) is 0.318. The molecular weight excluding hydrogens is 714 g/mol. The van der Waals surface area contributed by atoms with Crippen LogP contribution in [0.4, 0.5) is 0 Å². The van der Waals surface area contributed by atoms with E-state index in [2.05, 4.69) is 106 Å². The van der Waals surface area contributed by atoms with Gasteiger partial charge in [-0.3, -0.25) is 0 Å². The fourth-order valence-corrected chi connectivity index (χ4v) is 10.3. The summed E-state index contributed by atoms with van der Waals surface area (Å²) >= 11 is 3.83. The number of fused-ring (bicyclic) bond motifs is 3. The van der Waals surface area contributed by atoms with Gasteiger partial charge in [-0.25, -0.2) is 12.4 Å². The standard InChI is InChI=1S/C44H48BrN3O2S/c1-3-5-7-18-28-46-31-37(34-22-12-15-25-39(34)46)43(38-32-47(29-19-8-6-4-2)40-26-16-13-23-35(38)40)44-36-24-14-17-27-41(36)48(42(44)30-45)51(49,50)33-20-10-9-11-21-33/h9-17,20-27,31-32,43H,3-8,18-19,28-30H2,1-2H3. The van der Waals surface area contributed by atoms with Crippen molar-refractivity contribution in [2.45, 2.75) is 94.4 Å². The van der Waals surface area contributed by atoms with Crippen LogP contribution in [0.5, 0.6) is 0 Å². The van der Waals surface area contributed by atoms with E-state index in [-0.39, 0.29) is 10.8 Å². The molecule has 0 amide bonds. The number of rotatable bonds is 16. The predicted molar refractivity (Wildman–Crippen MR) is 217 cm³/mol. The average molecular weight is 763 g/mol. The number of aryl methyl sites for hydroxylation is 2. The van der Waals surface area contributed by atoms with Gasteiger partial charge in [0, 0.05) is 63.9 Å². The van der Waals surface area contributed by atoms with Gasteiger partial charge in [-0.15, -0.1) is 0 Å². The molecule has 7 heteroatoms. The van der Waals surface area contributed by atoms with Gasteiger partial charge in [-0.1, -0.05) is 141 Å². The van der Waals surface area contributed by atoms with Crippen molar-refractivity contribution in [2.75, 3.05) is 0 Å². The maximum atomic E-state index is 14.6. The highest BCUT2D eigenvalue weighted by Crippen LogP contribution is 2.47. The molecular formula is C44H48BrN3O2S. The second kappa shape index (κ2) is 15.7. The van der Waals surface area contributed by atoms with Gasteiger partial charge in [0.25, 0.3) is 10.0 Å². The van der Waals surface area contributed by atoms with Crippen LogP contribution in [0.15, 0.2) is 120 Å². The first-order valence-electron chi connectivity index (χ1n) is 18.6. The molecule has 7 rings (SSSR count). The van der Waals surface area contributed by atoms with Gasteiger partial charge in [0.1, 0.15) is 0 Å². The number of aromatic nitrogens is 3. The van der Waals surface area contributed by atoms with Crippen LogP contribution in [0.1, 0.15) is 93.5 Å². The molecule has 0 saturated heterocycles. The zero-order chi connectivity index (χ0) is 35.4. The Labute approximate surface area is 311 Å². The lowest BCUT2D eigenvalue weighted by Crippen LogP contribution is -2.16. The number of para-hydroxylation sites is 3. The fourth-order valence-electron chi connectivity index (χ4n) is 7.99. The predicted octanol–water partition coefficient (Wildman–Crippen LogP) is 12.0. The van der Waals surface area contributed by atoms with Crippen LogP contribution >= 0.6 is 15.9 Å². The van der Waals surface area contributed by atoms with E-state index in [4.69, 9.17) is 0 Å². The number of unbranched alkanes of at least 4 members (excludes halogenated alkanes) is 6. The third-order valence-corrected chi connectivity index (χ3v) is 12.7. The van der Waals surface area contributed by atoms with Crippen LogP contribution in [0.3, 0.4) is 0 Å². The monoisotopic (exact) mass is 761 g/mol. The lowest BCUT2D eigenvalue weighted by atomic mass is 9.83. The lowest BCUT2D eigenvalue weighted by Gasteiger charge is -2.20. The van der Waals surface area contributed by atoms with Crippen LogP contribution in [-0.2, 0) is 28.4 Å². The molecule has 0 radical (unpaired) electrons.